The third-order valence-corrected chi connectivity index (χ3v) is 0.673. The molecule has 0 radical (unpaired) electrons. The Morgan fingerprint density at radius 2 is 1.50 bits per heavy atom. The van der Waals surface area contributed by atoms with Crippen LogP contribution in [0.3, 0.4) is 0 Å². The van der Waals surface area contributed by atoms with Crippen molar-refractivity contribution in [3.8, 4) is 0 Å². The summed E-state index contributed by atoms with van der Waals surface area (Å²) in [5.74, 6) is -4.85. The Labute approximate surface area is 52.8 Å². The summed E-state index contributed by atoms with van der Waals surface area (Å²) in [6.45, 7) is 0. The number of rotatable bonds is 2. The maximum Gasteiger partial charge on any atom is 0.421 e. The van der Waals surface area contributed by atoms with Gasteiger partial charge in [-0.3, -0.25) is 0 Å². The molecule has 10 heavy (non-hydrogen) atoms. The fraction of sp³-hybridized carbons (Fsp3) is 0.500. The van der Waals surface area contributed by atoms with Crippen LogP contribution in [0.1, 0.15) is 0 Å². The topological polar surface area (TPSA) is 20.2 Å². The van der Waals surface area contributed by atoms with Gasteiger partial charge in [0.25, 0.3) is 0 Å². The van der Waals surface area contributed by atoms with E-state index in [1.54, 1.807) is 0 Å². The molecule has 0 amide bonds. The van der Waals surface area contributed by atoms with E-state index < -0.39 is 24.4 Å². The molecule has 0 aliphatic heterocycles. The number of alkyl halides is 4. The smallest absolute Gasteiger partial charge is 0.331 e. The molecule has 0 bridgehead atoms. The quantitative estimate of drug-likeness (QED) is 0.612. The van der Waals surface area contributed by atoms with Gasteiger partial charge in [0.05, 0.1) is 6.33 Å². The second-order valence-corrected chi connectivity index (χ2v) is 1.46. The Balaban J connectivity index is 4.40. The van der Waals surface area contributed by atoms with Crippen LogP contribution in [0, 0.1) is 0 Å². The van der Waals surface area contributed by atoms with Crippen LogP contribution in [0.5, 0.6) is 0 Å². The van der Waals surface area contributed by atoms with E-state index in [-0.39, 0.29) is 0 Å². The van der Waals surface area contributed by atoms with Gasteiger partial charge in [0.2, 0.25) is 0 Å². The molecule has 0 heterocycles. The highest BCUT2D eigenvalue weighted by molar-refractivity contribution is 4.95. The first kappa shape index (κ1) is 9.35. The van der Waals surface area contributed by atoms with E-state index in [1.807, 2.05) is 0 Å². The van der Waals surface area contributed by atoms with Crippen LogP contribution in [0.25, 0.3) is 0 Å². The lowest BCUT2D eigenvalue weighted by molar-refractivity contribution is -0.306. The predicted molar refractivity (Wildman–Crippen MR) is 22.4 cm³/mol. The molecule has 0 rings (SSSR count). The average Bonchev–Trinajstić information content (AvgIpc) is 1.61. The van der Waals surface area contributed by atoms with Gasteiger partial charge < -0.3 is 5.11 Å². The van der Waals surface area contributed by atoms with Gasteiger partial charge in [0.15, 0.2) is 0 Å². The maximum absolute atomic E-state index is 11.6. The zero-order valence-corrected chi connectivity index (χ0v) is 4.49. The molecule has 0 saturated carbocycles. The fourth-order valence-electron chi connectivity index (χ4n) is 0.179. The number of hydrogen-bond donors (Lipinski definition) is 1. The van der Waals surface area contributed by atoms with Crippen LogP contribution in [-0.2, 0) is 0 Å². The molecular weight excluding hydrogens is 159 g/mol. The van der Waals surface area contributed by atoms with Crippen LogP contribution in [0.2, 0.25) is 0 Å². The highest BCUT2D eigenvalue weighted by Crippen LogP contribution is 2.32. The minimum atomic E-state index is -5.21. The van der Waals surface area contributed by atoms with Crippen molar-refractivity contribution in [2.24, 2.45) is 0 Å². The highest BCUT2D eigenvalue weighted by atomic mass is 19.3. The third-order valence-electron chi connectivity index (χ3n) is 0.673. The van der Waals surface area contributed by atoms with E-state index in [2.05, 4.69) is 0 Å². The van der Waals surface area contributed by atoms with Gasteiger partial charge in [-0.25, -0.2) is 4.39 Å². The molecule has 0 aromatic carbocycles. The van der Waals surface area contributed by atoms with Gasteiger partial charge in [0.1, 0.15) is 0 Å². The molecule has 0 spiro atoms. The van der Waals surface area contributed by atoms with Gasteiger partial charge in [-0.05, 0) is 0 Å². The molecule has 6 heteroatoms. The summed E-state index contributed by atoms with van der Waals surface area (Å²) >= 11 is 0. The van der Waals surface area contributed by atoms with Gasteiger partial charge in [-0.2, -0.15) is 17.6 Å². The summed E-state index contributed by atoms with van der Waals surface area (Å²) in [4.78, 5) is 0. The van der Waals surface area contributed by atoms with Crippen molar-refractivity contribution in [3.05, 3.63) is 12.4 Å². The third kappa shape index (κ3) is 1.94. The minimum absolute atomic E-state index is 0.729. The fourth-order valence-corrected chi connectivity index (χ4v) is 0.179. The van der Waals surface area contributed by atoms with Gasteiger partial charge in [-0.15, -0.1) is 0 Å². The van der Waals surface area contributed by atoms with Crippen LogP contribution in [0.4, 0.5) is 22.0 Å². The minimum Gasteiger partial charge on any atom is -0.331 e. The van der Waals surface area contributed by atoms with Crippen molar-refractivity contribution in [3.63, 3.8) is 0 Å². The Morgan fingerprint density at radius 1 is 1.10 bits per heavy atom. The average molecular weight is 162 g/mol. The monoisotopic (exact) mass is 162 g/mol. The summed E-state index contributed by atoms with van der Waals surface area (Å²) in [7, 11) is 0. The molecule has 0 aromatic heterocycles. The number of hydrogen-bond acceptors (Lipinski definition) is 1. The maximum atomic E-state index is 11.6. The Kier molecular flexibility index (Phi) is 2.37. The zero-order chi connectivity index (χ0) is 8.41. The van der Waals surface area contributed by atoms with Crippen molar-refractivity contribution in [1.29, 1.82) is 0 Å². The van der Waals surface area contributed by atoms with E-state index in [1.165, 1.54) is 0 Å². The summed E-state index contributed by atoms with van der Waals surface area (Å²) in [5, 5.41) is 7.38. The molecule has 0 fully saturated rings. The SMILES string of the molecule is OC(F)(F)C(F)(F)C=CF. The lowest BCUT2D eigenvalue weighted by atomic mass is 10.3. The second-order valence-electron chi connectivity index (χ2n) is 1.46. The standard InChI is InChI=1S/C4H3F5O/c5-2-1-3(6,7)4(8,9)10/h1-2,10H. The first-order valence-electron chi connectivity index (χ1n) is 2.07. The summed E-state index contributed by atoms with van der Waals surface area (Å²) in [6.07, 6.45) is -6.70. The number of halogens is 5. The lowest BCUT2D eigenvalue weighted by Crippen LogP contribution is -2.38. The normalized spacial score (nSPS) is 14.6. The van der Waals surface area contributed by atoms with Crippen molar-refractivity contribution in [2.45, 2.75) is 12.0 Å². The highest BCUT2D eigenvalue weighted by Gasteiger charge is 2.53. The van der Waals surface area contributed by atoms with Gasteiger partial charge in [0, 0.05) is 6.08 Å². The molecule has 0 atom stereocenters. The van der Waals surface area contributed by atoms with Crippen molar-refractivity contribution in [2.75, 3.05) is 0 Å². The first-order chi connectivity index (χ1) is 4.31. The predicted octanol–water partition coefficient (Wildman–Crippen LogP) is 1.69. The van der Waals surface area contributed by atoms with Crippen LogP contribution < -0.4 is 0 Å². The van der Waals surface area contributed by atoms with Crippen LogP contribution >= 0.6 is 0 Å². The molecule has 0 aliphatic carbocycles. The molecule has 0 aliphatic rings. The van der Waals surface area contributed by atoms with Gasteiger partial charge in [-0.1, -0.05) is 0 Å². The van der Waals surface area contributed by atoms with E-state index in [0.717, 1.165) is 0 Å². The van der Waals surface area contributed by atoms with Gasteiger partial charge >= 0.3 is 12.0 Å². The summed E-state index contributed by atoms with van der Waals surface area (Å²) in [6, 6.07) is 0. The van der Waals surface area contributed by atoms with E-state index in [0.29, 0.717) is 0 Å². The summed E-state index contributed by atoms with van der Waals surface area (Å²) in [5.41, 5.74) is 0. The molecule has 0 unspecified atom stereocenters. The van der Waals surface area contributed by atoms with Crippen LogP contribution in [0.15, 0.2) is 12.4 Å². The van der Waals surface area contributed by atoms with Crippen LogP contribution in [-0.4, -0.2) is 17.1 Å². The molecule has 60 valence electrons. The van der Waals surface area contributed by atoms with Crippen molar-refractivity contribution in [1.82, 2.24) is 0 Å². The Bertz CT molecular complexity index is 135. The Morgan fingerprint density at radius 3 is 1.60 bits per heavy atom. The second kappa shape index (κ2) is 2.53. The molecule has 1 N–H and O–H groups in total. The van der Waals surface area contributed by atoms with Crippen molar-refractivity contribution >= 4 is 0 Å². The number of aliphatic hydroxyl groups is 1. The van der Waals surface area contributed by atoms with Crippen molar-refractivity contribution < 1.29 is 27.1 Å². The Hall–Kier alpha value is -0.650. The zero-order valence-electron chi connectivity index (χ0n) is 4.49. The van der Waals surface area contributed by atoms with E-state index in [4.69, 9.17) is 5.11 Å². The summed E-state index contributed by atoms with van der Waals surface area (Å²) < 4.78 is 56.7. The molecule has 1 nitrogen and oxygen atoms in total. The first-order valence-corrected chi connectivity index (χ1v) is 2.07. The molecule has 0 saturated heterocycles. The van der Waals surface area contributed by atoms with E-state index >= 15 is 0 Å². The van der Waals surface area contributed by atoms with E-state index in [9.17, 15) is 22.0 Å². The lowest BCUT2D eigenvalue weighted by Gasteiger charge is -2.16. The largest absolute Gasteiger partial charge is 0.421 e. The molecule has 0 aromatic rings. The molecular formula is C4H3F5O.